The predicted molar refractivity (Wildman–Crippen MR) is 47.4 cm³/mol. The third-order valence-corrected chi connectivity index (χ3v) is 0. The minimum absolute atomic E-state index is 0. The van der Waals surface area contributed by atoms with E-state index in [-0.39, 0.29) is 22.7 Å². The summed E-state index contributed by atoms with van der Waals surface area (Å²) in [6.45, 7) is 0. The van der Waals surface area contributed by atoms with Crippen molar-refractivity contribution in [1.29, 1.82) is 0 Å². The average molecular weight is 364 g/mol. The molecule has 0 aliphatic rings. The molecule has 18 nitrogen and oxygen atoms in total. The summed E-state index contributed by atoms with van der Waals surface area (Å²) in [5.41, 5.74) is 0.250. The topological polar surface area (TPSA) is 309 Å². The summed E-state index contributed by atoms with van der Waals surface area (Å²) in [6.07, 6.45) is 0. The number of nitrogens with two attached hydrogens (primary N) is 1. The normalized spacial score (nSPS) is 5.70. The van der Waals surface area contributed by atoms with Crippen LogP contribution in [0.1, 0.15) is 0 Å². The zero-order valence-electron chi connectivity index (χ0n) is 8.65. The van der Waals surface area contributed by atoms with Gasteiger partial charge in [0.1, 0.15) is 0 Å². The third-order valence-electron chi connectivity index (χ3n) is 0. The monoisotopic (exact) mass is 363 g/mol. The van der Waals surface area contributed by atoms with E-state index in [1.165, 1.54) is 0 Å². The standard InChI is InChI=1S/Cu.FH5N2.4NO3/c;1-3-2;4*2-1(3)4/h;3H2,2H3;;;;/q2*+2;4*-1. The fourth-order valence-electron chi connectivity index (χ4n) is 0. The van der Waals surface area contributed by atoms with E-state index >= 15 is 0 Å². The summed E-state index contributed by atoms with van der Waals surface area (Å²) in [7, 11) is 0. The smallest absolute Gasteiger partial charge is 0.356 e. The van der Waals surface area contributed by atoms with E-state index in [1.807, 2.05) is 0 Å². The Kier molecular flexibility index (Phi) is 64.7. The second-order valence-corrected chi connectivity index (χ2v) is 1.05. The zero-order chi connectivity index (χ0) is 17.0. The Hall–Kier alpha value is -2.83. The first kappa shape index (κ1) is 36.0. The van der Waals surface area contributed by atoms with Crippen LogP contribution in [0.5, 0.6) is 0 Å². The SMILES string of the molecule is O=[N+]([O-])[O-].O=[N+]([O-])[O-].O=[N+]([O-])[O-].O=[N+]([O-])[O-].[Cu+2].[NH3+][NH2+]F. The number of quaternary nitrogens is 2. The largest absolute Gasteiger partial charge is 2.00 e. The molecule has 5 N–H and O–H groups in total. The van der Waals surface area contributed by atoms with Crippen molar-refractivity contribution in [2.45, 2.75) is 0 Å². The summed E-state index contributed by atoms with van der Waals surface area (Å²) in [5, 5.41) is 59.0. The minimum atomic E-state index is -1.75. The molecule has 0 fully saturated rings. The molecule has 0 aliphatic carbocycles. The van der Waals surface area contributed by atoms with Crippen LogP contribution in [-0.2, 0) is 17.1 Å². The summed E-state index contributed by atoms with van der Waals surface area (Å²) >= 11 is 0. The molecule has 0 aliphatic heterocycles. The van der Waals surface area contributed by atoms with Gasteiger partial charge in [-0.2, -0.15) is 5.84 Å². The Labute approximate surface area is 116 Å². The van der Waals surface area contributed by atoms with E-state index < -0.39 is 20.3 Å². The van der Waals surface area contributed by atoms with Gasteiger partial charge in [0.05, 0.1) is 20.3 Å². The number of halogens is 1. The maximum atomic E-state index is 10.1. The van der Waals surface area contributed by atoms with Crippen molar-refractivity contribution in [3.8, 4) is 0 Å². The van der Waals surface area contributed by atoms with Gasteiger partial charge in [0.2, 0.25) is 0 Å². The second-order valence-electron chi connectivity index (χ2n) is 1.05. The number of nitrogens with zero attached hydrogens (tertiary/aromatic N) is 4. The average Bonchev–Trinajstić information content (AvgIpc) is 1.97. The van der Waals surface area contributed by atoms with Gasteiger partial charge in [0.25, 0.3) is 0 Å². The van der Waals surface area contributed by atoms with Crippen LogP contribution in [-0.4, -0.2) is 20.3 Å². The van der Waals surface area contributed by atoms with E-state index in [0.717, 1.165) is 0 Å². The summed E-state index contributed by atoms with van der Waals surface area (Å²) in [4.78, 5) is 33.0. The Morgan fingerprint density at radius 3 is 0.650 bits per heavy atom. The Morgan fingerprint density at radius 2 is 0.650 bits per heavy atom. The molecule has 0 rings (SSSR count). The first-order valence-electron chi connectivity index (χ1n) is 2.82. The molecule has 1 radical (unpaired) electrons. The van der Waals surface area contributed by atoms with Crippen LogP contribution in [0.3, 0.4) is 0 Å². The Balaban J connectivity index is -0.0000000304. The van der Waals surface area contributed by atoms with Crippen molar-refractivity contribution < 1.29 is 53.4 Å². The van der Waals surface area contributed by atoms with Crippen LogP contribution in [0.25, 0.3) is 0 Å². The van der Waals surface area contributed by atoms with Gasteiger partial charge in [0.15, 0.2) is 0 Å². The summed E-state index contributed by atoms with van der Waals surface area (Å²) < 4.78 is 10.1. The maximum Gasteiger partial charge on any atom is 2.00 e. The Bertz CT molecular complexity index is 180. The molecular formula is H5CuFN6O12. The first-order valence-corrected chi connectivity index (χ1v) is 2.82. The predicted octanol–water partition coefficient (Wildman–Crippen LogP) is -3.37. The quantitative estimate of drug-likeness (QED) is 0.140. The Morgan fingerprint density at radius 1 is 0.650 bits per heavy atom. The van der Waals surface area contributed by atoms with Crippen molar-refractivity contribution in [3.05, 3.63) is 61.3 Å². The van der Waals surface area contributed by atoms with Crippen molar-refractivity contribution in [2.75, 3.05) is 0 Å². The molecule has 0 spiro atoms. The molecule has 0 aromatic carbocycles. The summed E-state index contributed by atoms with van der Waals surface area (Å²) in [5.74, 6) is 2.69. The van der Waals surface area contributed by atoms with Crippen molar-refractivity contribution in [3.63, 3.8) is 0 Å². The van der Waals surface area contributed by atoms with E-state index in [2.05, 4.69) is 5.84 Å². The van der Waals surface area contributed by atoms with E-state index in [0.29, 0.717) is 0 Å². The third kappa shape index (κ3) is 380. The fraction of sp³-hybridized carbons (Fsp3) is 0. The molecule has 20 heavy (non-hydrogen) atoms. The molecule has 0 atom stereocenters. The molecule has 0 aromatic heterocycles. The van der Waals surface area contributed by atoms with E-state index in [4.69, 9.17) is 61.3 Å². The molecule has 0 saturated carbocycles. The molecule has 0 saturated heterocycles. The second kappa shape index (κ2) is 36.0. The molecule has 125 valence electrons. The number of rotatable bonds is 0. The van der Waals surface area contributed by atoms with Crippen LogP contribution in [0.15, 0.2) is 0 Å². The zero-order valence-corrected chi connectivity index (χ0v) is 9.59. The van der Waals surface area contributed by atoms with Crippen molar-refractivity contribution >= 4 is 0 Å². The van der Waals surface area contributed by atoms with Crippen LogP contribution >= 0.6 is 0 Å². The van der Waals surface area contributed by atoms with Gasteiger partial charge >= 0.3 is 17.1 Å². The van der Waals surface area contributed by atoms with E-state index in [9.17, 15) is 4.48 Å². The van der Waals surface area contributed by atoms with Gasteiger partial charge in [-0.1, -0.05) is 0 Å². The summed E-state index contributed by atoms with van der Waals surface area (Å²) in [6, 6.07) is 0. The van der Waals surface area contributed by atoms with Crippen LogP contribution in [0, 0.1) is 61.3 Å². The van der Waals surface area contributed by atoms with Crippen molar-refractivity contribution in [2.24, 2.45) is 0 Å². The molecule has 0 amide bonds. The minimum Gasteiger partial charge on any atom is -0.356 e. The number of hydrogen-bond acceptors (Lipinski definition) is 12. The van der Waals surface area contributed by atoms with Gasteiger partial charge in [-0.3, -0.25) is 0 Å². The van der Waals surface area contributed by atoms with Gasteiger partial charge in [-0.15, -0.1) is 0 Å². The number of hydrogen-bond donors (Lipinski definition) is 2. The van der Waals surface area contributed by atoms with Gasteiger partial charge in [-0.25, -0.2) is 0 Å². The van der Waals surface area contributed by atoms with Gasteiger partial charge < -0.3 is 61.3 Å². The molecular weight excluding hydrogens is 359 g/mol. The molecule has 0 unspecified atom stereocenters. The van der Waals surface area contributed by atoms with Gasteiger partial charge in [0, 0.05) is 4.48 Å². The van der Waals surface area contributed by atoms with E-state index in [1.54, 1.807) is 0 Å². The maximum absolute atomic E-state index is 10.1. The fourth-order valence-corrected chi connectivity index (χ4v) is 0. The molecule has 20 heteroatoms. The van der Waals surface area contributed by atoms with Crippen LogP contribution in [0.4, 0.5) is 4.48 Å². The van der Waals surface area contributed by atoms with Crippen LogP contribution < -0.4 is 11.5 Å². The van der Waals surface area contributed by atoms with Crippen molar-refractivity contribution in [1.82, 2.24) is 0 Å². The molecule has 0 bridgehead atoms. The van der Waals surface area contributed by atoms with Gasteiger partial charge in [-0.05, 0) is 5.65 Å². The molecule has 0 heterocycles. The molecule has 0 aromatic rings. The van der Waals surface area contributed by atoms with Crippen LogP contribution in [0.2, 0.25) is 0 Å². The first-order chi connectivity index (χ1) is 8.34.